The zero-order chi connectivity index (χ0) is 13.9. The van der Waals surface area contributed by atoms with Crippen molar-refractivity contribution >= 4 is 17.5 Å². The normalized spacial score (nSPS) is 26.8. The molecule has 5 heteroatoms. The van der Waals surface area contributed by atoms with Crippen LogP contribution in [0, 0.1) is 5.92 Å². The van der Waals surface area contributed by atoms with Crippen LogP contribution in [0.1, 0.15) is 36.0 Å². The van der Waals surface area contributed by atoms with Gasteiger partial charge in [0.25, 0.3) is 5.91 Å². The molecule has 0 aliphatic carbocycles. The summed E-state index contributed by atoms with van der Waals surface area (Å²) in [6.07, 6.45) is 7.95. The van der Waals surface area contributed by atoms with Gasteiger partial charge in [-0.15, -0.1) is 0 Å². The summed E-state index contributed by atoms with van der Waals surface area (Å²) in [7, 11) is 0. The minimum Gasteiger partial charge on any atom is -0.338 e. The standard InChI is InChI=1S/C15H20ClN3O/c16-13-9-17-7-5-12(13)15(20)19-8-2-3-11(10-19)14-4-1-6-18-14/h5,7,9,11,14,18H,1-4,6,8,10H2. The first-order valence-corrected chi connectivity index (χ1v) is 7.75. The van der Waals surface area contributed by atoms with Crippen LogP contribution in [0.4, 0.5) is 0 Å². The third kappa shape index (κ3) is 2.81. The van der Waals surface area contributed by atoms with Crippen molar-refractivity contribution in [2.24, 2.45) is 5.92 Å². The molecule has 2 aliphatic rings. The molecular formula is C15H20ClN3O. The minimum atomic E-state index is 0.0418. The maximum Gasteiger partial charge on any atom is 0.255 e. The molecule has 1 amide bonds. The van der Waals surface area contributed by atoms with Gasteiger partial charge >= 0.3 is 0 Å². The topological polar surface area (TPSA) is 45.2 Å². The Kier molecular flexibility index (Phi) is 4.22. The minimum absolute atomic E-state index is 0.0418. The molecule has 3 rings (SSSR count). The molecule has 0 aromatic carbocycles. The highest BCUT2D eigenvalue weighted by atomic mass is 35.5. The number of aromatic nitrogens is 1. The molecule has 1 N–H and O–H groups in total. The van der Waals surface area contributed by atoms with Crippen molar-refractivity contribution in [3.8, 4) is 0 Å². The van der Waals surface area contributed by atoms with Crippen molar-refractivity contribution < 1.29 is 4.79 Å². The molecule has 0 saturated carbocycles. The summed E-state index contributed by atoms with van der Waals surface area (Å²) in [6.45, 7) is 2.79. The van der Waals surface area contributed by atoms with Gasteiger partial charge in [0, 0.05) is 31.5 Å². The first-order chi connectivity index (χ1) is 9.75. The molecule has 0 radical (unpaired) electrons. The molecule has 1 aromatic rings. The lowest BCUT2D eigenvalue weighted by molar-refractivity contribution is 0.0651. The van der Waals surface area contributed by atoms with E-state index in [-0.39, 0.29) is 5.91 Å². The second-order valence-corrected chi connectivity index (χ2v) is 6.12. The lowest BCUT2D eigenvalue weighted by Crippen LogP contribution is -2.45. The van der Waals surface area contributed by atoms with Gasteiger partial charge in [-0.2, -0.15) is 0 Å². The fraction of sp³-hybridized carbons (Fsp3) is 0.600. The van der Waals surface area contributed by atoms with Crippen LogP contribution in [-0.2, 0) is 0 Å². The van der Waals surface area contributed by atoms with Crippen LogP contribution >= 0.6 is 11.6 Å². The molecule has 2 unspecified atom stereocenters. The number of piperidine rings is 1. The summed E-state index contributed by atoms with van der Waals surface area (Å²) in [5, 5.41) is 4.01. The van der Waals surface area contributed by atoms with Crippen LogP contribution in [0.5, 0.6) is 0 Å². The van der Waals surface area contributed by atoms with Gasteiger partial charge in [0.15, 0.2) is 0 Å². The van der Waals surface area contributed by atoms with Crippen LogP contribution in [0.25, 0.3) is 0 Å². The third-order valence-corrected chi connectivity index (χ3v) is 4.72. The first kappa shape index (κ1) is 13.8. The zero-order valence-corrected chi connectivity index (χ0v) is 12.3. The zero-order valence-electron chi connectivity index (χ0n) is 11.5. The van der Waals surface area contributed by atoms with Crippen LogP contribution in [0.3, 0.4) is 0 Å². The Morgan fingerprint density at radius 3 is 3.05 bits per heavy atom. The summed E-state index contributed by atoms with van der Waals surface area (Å²) < 4.78 is 0. The highest BCUT2D eigenvalue weighted by molar-refractivity contribution is 6.33. The molecular weight excluding hydrogens is 274 g/mol. The van der Waals surface area contributed by atoms with E-state index in [1.165, 1.54) is 25.5 Å². The van der Waals surface area contributed by atoms with Gasteiger partial charge in [-0.1, -0.05) is 11.6 Å². The quantitative estimate of drug-likeness (QED) is 0.910. The van der Waals surface area contributed by atoms with Crippen LogP contribution < -0.4 is 5.32 Å². The van der Waals surface area contributed by atoms with E-state index < -0.39 is 0 Å². The fourth-order valence-electron chi connectivity index (χ4n) is 3.36. The second kappa shape index (κ2) is 6.10. The number of pyridine rings is 1. The fourth-order valence-corrected chi connectivity index (χ4v) is 3.56. The molecule has 0 spiro atoms. The second-order valence-electron chi connectivity index (χ2n) is 5.71. The molecule has 108 valence electrons. The van der Waals surface area contributed by atoms with Crippen LogP contribution in [-0.4, -0.2) is 41.5 Å². The van der Waals surface area contributed by atoms with Gasteiger partial charge in [0.05, 0.1) is 10.6 Å². The van der Waals surface area contributed by atoms with E-state index in [0.29, 0.717) is 22.5 Å². The van der Waals surface area contributed by atoms with Crippen LogP contribution in [0.15, 0.2) is 18.5 Å². The molecule has 20 heavy (non-hydrogen) atoms. The number of likely N-dealkylation sites (tertiary alicyclic amines) is 1. The summed E-state index contributed by atoms with van der Waals surface area (Å²) in [6, 6.07) is 2.29. The van der Waals surface area contributed by atoms with E-state index in [1.807, 2.05) is 4.90 Å². The molecule has 3 heterocycles. The van der Waals surface area contributed by atoms with Crippen molar-refractivity contribution in [3.63, 3.8) is 0 Å². The Balaban J connectivity index is 1.70. The van der Waals surface area contributed by atoms with E-state index in [0.717, 1.165) is 26.1 Å². The Labute approximate surface area is 124 Å². The monoisotopic (exact) mass is 293 g/mol. The summed E-state index contributed by atoms with van der Waals surface area (Å²) in [5.74, 6) is 0.621. The Bertz CT molecular complexity index is 488. The first-order valence-electron chi connectivity index (χ1n) is 7.38. The molecule has 1 aromatic heterocycles. The molecule has 4 nitrogen and oxygen atoms in total. The predicted molar refractivity (Wildman–Crippen MR) is 78.9 cm³/mol. The van der Waals surface area contributed by atoms with E-state index in [2.05, 4.69) is 10.3 Å². The van der Waals surface area contributed by atoms with Crippen molar-refractivity contribution in [2.45, 2.75) is 31.7 Å². The smallest absolute Gasteiger partial charge is 0.255 e. The number of carbonyl (C=O) groups is 1. The van der Waals surface area contributed by atoms with E-state index >= 15 is 0 Å². The van der Waals surface area contributed by atoms with E-state index in [1.54, 1.807) is 12.3 Å². The SMILES string of the molecule is O=C(c1ccncc1Cl)N1CCCC(C2CCCN2)C1. The highest BCUT2D eigenvalue weighted by Gasteiger charge is 2.31. The third-order valence-electron chi connectivity index (χ3n) is 4.42. The van der Waals surface area contributed by atoms with Crippen LogP contribution in [0.2, 0.25) is 5.02 Å². The van der Waals surface area contributed by atoms with Crippen molar-refractivity contribution in [1.29, 1.82) is 0 Å². The summed E-state index contributed by atoms with van der Waals surface area (Å²) in [5.41, 5.74) is 0.571. The lowest BCUT2D eigenvalue weighted by atomic mass is 9.89. The van der Waals surface area contributed by atoms with Gasteiger partial charge < -0.3 is 10.2 Å². The molecule has 0 bridgehead atoms. The molecule has 2 aliphatic heterocycles. The van der Waals surface area contributed by atoms with Crippen molar-refractivity contribution in [3.05, 3.63) is 29.0 Å². The maximum absolute atomic E-state index is 12.6. The average molecular weight is 294 g/mol. The predicted octanol–water partition coefficient (Wildman–Crippen LogP) is 2.34. The number of carbonyl (C=O) groups excluding carboxylic acids is 1. The van der Waals surface area contributed by atoms with E-state index in [4.69, 9.17) is 11.6 Å². The Morgan fingerprint density at radius 2 is 2.30 bits per heavy atom. The highest BCUT2D eigenvalue weighted by Crippen LogP contribution is 2.26. The van der Waals surface area contributed by atoms with Gasteiger partial charge in [-0.3, -0.25) is 9.78 Å². The molecule has 2 fully saturated rings. The number of hydrogen-bond donors (Lipinski definition) is 1. The summed E-state index contributed by atoms with van der Waals surface area (Å²) in [4.78, 5) is 18.5. The number of rotatable bonds is 2. The Hall–Kier alpha value is -1.13. The van der Waals surface area contributed by atoms with Crippen molar-refractivity contribution in [2.75, 3.05) is 19.6 Å². The number of amides is 1. The maximum atomic E-state index is 12.6. The van der Waals surface area contributed by atoms with E-state index in [9.17, 15) is 4.79 Å². The number of hydrogen-bond acceptors (Lipinski definition) is 3. The lowest BCUT2D eigenvalue weighted by Gasteiger charge is -2.36. The number of nitrogens with one attached hydrogen (secondary N) is 1. The van der Waals surface area contributed by atoms with Gasteiger partial charge in [0.2, 0.25) is 0 Å². The Morgan fingerprint density at radius 1 is 1.40 bits per heavy atom. The van der Waals surface area contributed by atoms with Gasteiger partial charge in [-0.25, -0.2) is 0 Å². The van der Waals surface area contributed by atoms with Gasteiger partial charge in [-0.05, 0) is 44.2 Å². The molecule has 2 saturated heterocycles. The molecule has 2 atom stereocenters. The summed E-state index contributed by atoms with van der Waals surface area (Å²) >= 11 is 6.08. The average Bonchev–Trinajstić information content (AvgIpc) is 3.01. The van der Waals surface area contributed by atoms with Gasteiger partial charge in [0.1, 0.15) is 0 Å². The van der Waals surface area contributed by atoms with Crippen molar-refractivity contribution in [1.82, 2.24) is 15.2 Å². The number of nitrogens with zero attached hydrogens (tertiary/aromatic N) is 2. The number of halogens is 1. The largest absolute Gasteiger partial charge is 0.338 e.